The number of carbonyl (C=O) groups is 5. The molecule has 13 heteroatoms. The summed E-state index contributed by atoms with van der Waals surface area (Å²) in [5.41, 5.74) is 6.37. The molecule has 0 aliphatic carbocycles. The molecular formula is C27H33N5O8. The number of nitrogens with one attached hydrogen (secondary N) is 4. The molecule has 1 aliphatic rings. The highest BCUT2D eigenvalue weighted by Crippen LogP contribution is 2.14. The van der Waals surface area contributed by atoms with Crippen LogP contribution < -0.4 is 27.0 Å². The molecular weight excluding hydrogens is 522 g/mol. The Bertz CT molecular complexity index is 1210. The molecule has 4 amide bonds. The second-order valence-electron chi connectivity index (χ2n) is 9.58. The first-order chi connectivity index (χ1) is 19.0. The molecule has 4 unspecified atom stereocenters. The average Bonchev–Trinajstić information content (AvgIpc) is 3.45. The van der Waals surface area contributed by atoms with Crippen molar-refractivity contribution >= 4 is 29.6 Å². The van der Waals surface area contributed by atoms with E-state index in [0.717, 1.165) is 6.42 Å². The minimum absolute atomic E-state index is 0.00217. The molecule has 0 bridgehead atoms. The summed E-state index contributed by atoms with van der Waals surface area (Å²) in [6, 6.07) is 7.07. The van der Waals surface area contributed by atoms with E-state index in [1.54, 1.807) is 0 Å². The van der Waals surface area contributed by atoms with E-state index < -0.39 is 60.2 Å². The number of carbonyl (C=O) groups excluding carboxylic acids is 4. The van der Waals surface area contributed by atoms with E-state index in [-0.39, 0.29) is 24.3 Å². The maximum absolute atomic E-state index is 13.3. The molecule has 13 nitrogen and oxygen atoms in total. The molecule has 0 radical (unpaired) electrons. The third-order valence-electron chi connectivity index (χ3n) is 6.41. The van der Waals surface area contributed by atoms with Crippen LogP contribution in [0.25, 0.3) is 0 Å². The molecule has 1 fully saturated rings. The molecule has 0 saturated carbocycles. The quantitative estimate of drug-likeness (QED) is 0.152. The molecule has 1 saturated heterocycles. The Hall–Kier alpha value is -4.65. The van der Waals surface area contributed by atoms with Crippen LogP contribution in [0.15, 0.2) is 48.5 Å². The molecule has 1 aliphatic heterocycles. The second-order valence-corrected chi connectivity index (χ2v) is 9.58. The number of phenols is 2. The smallest absolute Gasteiger partial charge is 0.326 e. The Morgan fingerprint density at radius 3 is 1.77 bits per heavy atom. The molecule has 4 atom stereocenters. The monoisotopic (exact) mass is 555 g/mol. The molecule has 0 aromatic heterocycles. The summed E-state index contributed by atoms with van der Waals surface area (Å²) < 4.78 is 0. The first-order valence-electron chi connectivity index (χ1n) is 12.7. The lowest BCUT2D eigenvalue weighted by atomic mass is 10.0. The SMILES string of the molecule is NC(=O)CC(NC(=O)C1CCCN1)C(=O)NC(Cc1ccc(O)cc1)C(=O)NC(Cc1ccc(O)cc1)C(=O)O. The Labute approximate surface area is 230 Å². The minimum Gasteiger partial charge on any atom is -0.508 e. The largest absolute Gasteiger partial charge is 0.508 e. The number of carboxylic acid groups (broad SMARTS) is 1. The first-order valence-corrected chi connectivity index (χ1v) is 12.7. The second kappa shape index (κ2) is 13.9. The fourth-order valence-corrected chi connectivity index (χ4v) is 4.28. The fraction of sp³-hybridized carbons (Fsp3) is 0.370. The highest BCUT2D eigenvalue weighted by Gasteiger charge is 2.32. The number of aromatic hydroxyl groups is 2. The van der Waals surface area contributed by atoms with Crippen LogP contribution in [-0.4, -0.2) is 75.6 Å². The van der Waals surface area contributed by atoms with Crippen molar-refractivity contribution in [2.75, 3.05) is 6.54 Å². The van der Waals surface area contributed by atoms with E-state index in [4.69, 9.17) is 5.73 Å². The highest BCUT2D eigenvalue weighted by molar-refractivity contribution is 5.96. The van der Waals surface area contributed by atoms with Gasteiger partial charge >= 0.3 is 5.97 Å². The standard InChI is InChI=1S/C27H33N5O8/c28-23(35)14-21(31-24(36)19-2-1-11-29-19)26(38)30-20(12-15-3-7-17(33)8-4-15)25(37)32-22(27(39)40)13-16-5-9-18(34)10-6-16/h3-10,19-22,29,33-34H,1-2,11-14H2,(H2,28,35)(H,30,38)(H,31,36)(H,32,37)(H,39,40). The first kappa shape index (κ1) is 29.9. The van der Waals surface area contributed by atoms with Crippen LogP contribution in [0.1, 0.15) is 30.4 Å². The number of hydrogen-bond donors (Lipinski definition) is 8. The number of aliphatic carboxylic acids is 1. The molecule has 214 valence electrons. The van der Waals surface area contributed by atoms with Gasteiger partial charge in [-0.2, -0.15) is 0 Å². The predicted molar refractivity (Wildman–Crippen MR) is 142 cm³/mol. The zero-order valence-electron chi connectivity index (χ0n) is 21.6. The lowest BCUT2D eigenvalue weighted by Crippen LogP contribution is -2.58. The number of benzene rings is 2. The van der Waals surface area contributed by atoms with Gasteiger partial charge in [0.15, 0.2) is 0 Å². The van der Waals surface area contributed by atoms with Crippen LogP contribution in [0.4, 0.5) is 0 Å². The van der Waals surface area contributed by atoms with Crippen LogP contribution in [-0.2, 0) is 36.8 Å². The van der Waals surface area contributed by atoms with Gasteiger partial charge in [0.2, 0.25) is 23.6 Å². The van der Waals surface area contributed by atoms with Gasteiger partial charge in [0.1, 0.15) is 29.6 Å². The van der Waals surface area contributed by atoms with Crippen molar-refractivity contribution in [1.29, 1.82) is 0 Å². The number of phenolic OH excluding ortho intramolecular Hbond substituents is 2. The zero-order valence-corrected chi connectivity index (χ0v) is 21.6. The maximum atomic E-state index is 13.3. The lowest BCUT2D eigenvalue weighted by molar-refractivity contribution is -0.142. The summed E-state index contributed by atoms with van der Waals surface area (Å²) in [7, 11) is 0. The van der Waals surface area contributed by atoms with Gasteiger partial charge in [-0.3, -0.25) is 19.2 Å². The molecule has 2 aromatic carbocycles. The molecule has 2 aromatic rings. The number of carboxylic acids is 1. The predicted octanol–water partition coefficient (Wildman–Crippen LogP) is -0.951. The fourth-order valence-electron chi connectivity index (χ4n) is 4.28. The van der Waals surface area contributed by atoms with Gasteiger partial charge in [-0.25, -0.2) is 4.79 Å². The van der Waals surface area contributed by atoms with E-state index in [1.165, 1.54) is 48.5 Å². The third-order valence-corrected chi connectivity index (χ3v) is 6.41. The average molecular weight is 556 g/mol. The summed E-state index contributed by atoms with van der Waals surface area (Å²) in [5, 5.41) is 39.2. The van der Waals surface area contributed by atoms with Gasteiger partial charge in [-0.1, -0.05) is 24.3 Å². The van der Waals surface area contributed by atoms with Crippen molar-refractivity contribution in [2.24, 2.45) is 5.73 Å². The Balaban J connectivity index is 1.79. The van der Waals surface area contributed by atoms with Crippen molar-refractivity contribution in [1.82, 2.24) is 21.3 Å². The normalized spacial score (nSPS) is 16.8. The third kappa shape index (κ3) is 8.98. The number of amides is 4. The van der Waals surface area contributed by atoms with E-state index in [1.807, 2.05) is 0 Å². The molecule has 3 rings (SSSR count). The van der Waals surface area contributed by atoms with E-state index in [9.17, 15) is 39.3 Å². The van der Waals surface area contributed by atoms with E-state index in [0.29, 0.717) is 24.1 Å². The van der Waals surface area contributed by atoms with Crippen molar-refractivity contribution < 1.29 is 39.3 Å². The zero-order chi connectivity index (χ0) is 29.2. The minimum atomic E-state index is -1.37. The number of nitrogens with two attached hydrogens (primary N) is 1. The molecule has 9 N–H and O–H groups in total. The maximum Gasteiger partial charge on any atom is 0.326 e. The van der Waals surface area contributed by atoms with Gasteiger partial charge < -0.3 is 42.3 Å². The Morgan fingerprint density at radius 2 is 1.30 bits per heavy atom. The Kier molecular flexibility index (Phi) is 10.4. The molecule has 0 spiro atoms. The van der Waals surface area contributed by atoms with Gasteiger partial charge in [-0.15, -0.1) is 0 Å². The van der Waals surface area contributed by atoms with Gasteiger partial charge in [0.05, 0.1) is 12.5 Å². The summed E-state index contributed by atoms with van der Waals surface area (Å²) in [6.45, 7) is 0.633. The summed E-state index contributed by atoms with van der Waals surface area (Å²) >= 11 is 0. The number of rotatable bonds is 13. The van der Waals surface area contributed by atoms with Crippen LogP contribution in [0.5, 0.6) is 11.5 Å². The van der Waals surface area contributed by atoms with Gasteiger partial charge in [-0.05, 0) is 54.8 Å². The van der Waals surface area contributed by atoms with E-state index >= 15 is 0 Å². The van der Waals surface area contributed by atoms with Crippen LogP contribution >= 0.6 is 0 Å². The van der Waals surface area contributed by atoms with E-state index in [2.05, 4.69) is 21.3 Å². The summed E-state index contributed by atoms with van der Waals surface area (Å²) in [6.07, 6.45) is 0.617. The van der Waals surface area contributed by atoms with Crippen LogP contribution in [0.3, 0.4) is 0 Å². The van der Waals surface area contributed by atoms with Crippen molar-refractivity contribution in [2.45, 2.75) is 56.3 Å². The van der Waals surface area contributed by atoms with Crippen LogP contribution in [0.2, 0.25) is 0 Å². The number of hydrogen-bond acceptors (Lipinski definition) is 8. The van der Waals surface area contributed by atoms with Gasteiger partial charge in [0, 0.05) is 12.8 Å². The van der Waals surface area contributed by atoms with Crippen molar-refractivity contribution in [3.05, 3.63) is 59.7 Å². The Morgan fingerprint density at radius 1 is 0.800 bits per heavy atom. The molecule has 40 heavy (non-hydrogen) atoms. The van der Waals surface area contributed by atoms with Crippen LogP contribution in [0, 0.1) is 0 Å². The lowest BCUT2D eigenvalue weighted by Gasteiger charge is -2.25. The van der Waals surface area contributed by atoms with Crippen molar-refractivity contribution in [3.8, 4) is 11.5 Å². The number of primary amides is 1. The molecule has 1 heterocycles. The van der Waals surface area contributed by atoms with Crippen molar-refractivity contribution in [3.63, 3.8) is 0 Å². The highest BCUT2D eigenvalue weighted by atomic mass is 16.4. The summed E-state index contributed by atoms with van der Waals surface area (Å²) in [4.78, 5) is 62.7. The van der Waals surface area contributed by atoms with Gasteiger partial charge in [0.25, 0.3) is 0 Å². The summed E-state index contributed by atoms with van der Waals surface area (Å²) in [5.74, 6) is -4.35. The topological polar surface area (TPSA) is 220 Å².